The van der Waals surface area contributed by atoms with E-state index in [1.165, 1.54) is 0 Å². The quantitative estimate of drug-likeness (QED) is 0.414. The molecule has 3 rings (SSSR count). The first-order valence-electron chi connectivity index (χ1n) is 11.7. The minimum absolute atomic E-state index is 0.102. The Kier molecular flexibility index (Phi) is 9.29. The summed E-state index contributed by atoms with van der Waals surface area (Å²) in [6.07, 6.45) is 0.647. The first-order valence-corrected chi connectivity index (χ1v) is 12.1. The van der Waals surface area contributed by atoms with Crippen LogP contribution >= 0.6 is 11.6 Å². The smallest absolute Gasteiger partial charge is 0.243 e. The number of benzene rings is 3. The summed E-state index contributed by atoms with van der Waals surface area (Å²) in [6, 6.07) is 24.5. The molecule has 1 N–H and O–H groups in total. The maximum Gasteiger partial charge on any atom is 0.243 e. The minimum Gasteiger partial charge on any atom is -0.354 e. The lowest BCUT2D eigenvalue weighted by Crippen LogP contribution is -2.51. The van der Waals surface area contributed by atoms with Crippen LogP contribution in [0.1, 0.15) is 36.1 Å². The van der Waals surface area contributed by atoms with Gasteiger partial charge in [0.2, 0.25) is 11.8 Å². The van der Waals surface area contributed by atoms with Crippen LogP contribution in [0, 0.1) is 12.8 Å². The van der Waals surface area contributed by atoms with Gasteiger partial charge in [-0.05, 0) is 41.2 Å². The van der Waals surface area contributed by atoms with Crippen molar-refractivity contribution in [2.75, 3.05) is 6.54 Å². The molecule has 0 aliphatic rings. The molecule has 1 atom stereocenters. The molecule has 0 spiro atoms. The Morgan fingerprint density at radius 1 is 0.882 bits per heavy atom. The second-order valence-electron chi connectivity index (χ2n) is 9.06. The summed E-state index contributed by atoms with van der Waals surface area (Å²) in [6.45, 7) is 6.92. The van der Waals surface area contributed by atoms with E-state index < -0.39 is 6.04 Å². The maximum atomic E-state index is 13.8. The topological polar surface area (TPSA) is 49.4 Å². The van der Waals surface area contributed by atoms with Crippen molar-refractivity contribution < 1.29 is 9.59 Å². The highest BCUT2D eigenvalue weighted by Gasteiger charge is 2.31. The Labute approximate surface area is 207 Å². The molecule has 3 aromatic rings. The predicted octanol–water partition coefficient (Wildman–Crippen LogP) is 5.60. The second-order valence-corrected chi connectivity index (χ2v) is 9.47. The molecule has 2 amide bonds. The zero-order chi connectivity index (χ0) is 24.5. The summed E-state index contributed by atoms with van der Waals surface area (Å²) in [5, 5.41) is 3.63. The maximum absolute atomic E-state index is 13.8. The third kappa shape index (κ3) is 7.19. The number of carbonyl (C=O) groups is 2. The van der Waals surface area contributed by atoms with Crippen LogP contribution in [0.3, 0.4) is 0 Å². The molecule has 0 radical (unpaired) electrons. The van der Waals surface area contributed by atoms with Gasteiger partial charge in [0.15, 0.2) is 0 Å². The summed E-state index contributed by atoms with van der Waals surface area (Å²) in [5.74, 6) is 0.0543. The summed E-state index contributed by atoms with van der Waals surface area (Å²) in [4.78, 5) is 28.9. The van der Waals surface area contributed by atoms with E-state index in [4.69, 9.17) is 11.6 Å². The third-order valence-corrected chi connectivity index (χ3v) is 6.23. The molecule has 0 heterocycles. The van der Waals surface area contributed by atoms with Crippen molar-refractivity contribution in [2.24, 2.45) is 5.92 Å². The number of rotatable bonds is 10. The molecule has 0 aliphatic carbocycles. The van der Waals surface area contributed by atoms with Gasteiger partial charge in [-0.2, -0.15) is 0 Å². The molecule has 3 aromatic carbocycles. The predicted molar refractivity (Wildman–Crippen MR) is 139 cm³/mol. The van der Waals surface area contributed by atoms with Gasteiger partial charge in [-0.25, -0.2) is 0 Å². The van der Waals surface area contributed by atoms with Gasteiger partial charge in [0.05, 0.1) is 6.42 Å². The fourth-order valence-corrected chi connectivity index (χ4v) is 4.06. The number of nitrogens with one attached hydrogen (secondary N) is 1. The average molecular weight is 477 g/mol. The van der Waals surface area contributed by atoms with Crippen molar-refractivity contribution in [3.8, 4) is 0 Å². The van der Waals surface area contributed by atoms with Gasteiger partial charge in [-0.1, -0.05) is 98.2 Å². The van der Waals surface area contributed by atoms with Crippen LogP contribution < -0.4 is 5.32 Å². The number of halogens is 1. The molecule has 0 fully saturated rings. The number of hydrogen-bond donors (Lipinski definition) is 1. The van der Waals surface area contributed by atoms with E-state index in [0.717, 1.165) is 22.3 Å². The summed E-state index contributed by atoms with van der Waals surface area (Å²) in [5.41, 5.74) is 3.83. The van der Waals surface area contributed by atoms with Crippen molar-refractivity contribution in [2.45, 2.75) is 46.2 Å². The van der Waals surface area contributed by atoms with E-state index in [1.807, 2.05) is 85.8 Å². The number of aryl methyl sites for hydroxylation is 1. The Morgan fingerprint density at radius 2 is 1.50 bits per heavy atom. The van der Waals surface area contributed by atoms with E-state index in [0.29, 0.717) is 23.9 Å². The van der Waals surface area contributed by atoms with E-state index in [-0.39, 0.29) is 24.8 Å². The van der Waals surface area contributed by atoms with Gasteiger partial charge in [0.25, 0.3) is 0 Å². The molecule has 0 bridgehead atoms. The number of hydrogen-bond acceptors (Lipinski definition) is 2. The largest absolute Gasteiger partial charge is 0.354 e. The van der Waals surface area contributed by atoms with Gasteiger partial charge in [-0.15, -0.1) is 0 Å². The minimum atomic E-state index is -0.658. The first kappa shape index (κ1) is 25.5. The Hall–Kier alpha value is -3.11. The molecule has 5 heteroatoms. The van der Waals surface area contributed by atoms with E-state index in [1.54, 1.807) is 4.90 Å². The molecule has 0 aliphatic heterocycles. The second kappa shape index (κ2) is 12.4. The van der Waals surface area contributed by atoms with E-state index in [2.05, 4.69) is 19.2 Å². The normalized spacial score (nSPS) is 11.8. The molecule has 0 unspecified atom stereocenters. The monoisotopic (exact) mass is 476 g/mol. The molecule has 0 aromatic heterocycles. The Morgan fingerprint density at radius 3 is 2.15 bits per heavy atom. The van der Waals surface area contributed by atoms with E-state index >= 15 is 0 Å². The number of nitrogens with zero attached hydrogens (tertiary/aromatic N) is 1. The van der Waals surface area contributed by atoms with Crippen LogP contribution in [-0.2, 0) is 29.0 Å². The van der Waals surface area contributed by atoms with Crippen molar-refractivity contribution in [3.05, 3.63) is 106 Å². The zero-order valence-electron chi connectivity index (χ0n) is 20.1. The van der Waals surface area contributed by atoms with Gasteiger partial charge in [0, 0.05) is 24.5 Å². The van der Waals surface area contributed by atoms with Crippen LogP contribution in [0.2, 0.25) is 5.02 Å². The van der Waals surface area contributed by atoms with Crippen LogP contribution in [0.25, 0.3) is 0 Å². The molecule has 0 saturated carbocycles. The van der Waals surface area contributed by atoms with Crippen LogP contribution in [0.15, 0.2) is 78.9 Å². The summed E-state index contributed by atoms with van der Waals surface area (Å²) in [7, 11) is 0. The van der Waals surface area contributed by atoms with Crippen molar-refractivity contribution in [1.29, 1.82) is 0 Å². The highest BCUT2D eigenvalue weighted by atomic mass is 35.5. The SMILES string of the molecule is Cc1ccccc1CC(=O)N(Cc1ccccc1Cl)[C@@H](Cc1ccccc1)C(=O)NCC(C)C. The third-order valence-electron chi connectivity index (χ3n) is 5.86. The average Bonchev–Trinajstić information content (AvgIpc) is 2.83. The Balaban J connectivity index is 1.98. The zero-order valence-corrected chi connectivity index (χ0v) is 20.9. The Bertz CT molecular complexity index is 1100. The summed E-state index contributed by atoms with van der Waals surface area (Å²) >= 11 is 6.47. The number of carbonyl (C=O) groups excluding carboxylic acids is 2. The van der Waals surface area contributed by atoms with Gasteiger partial charge in [-0.3, -0.25) is 9.59 Å². The fraction of sp³-hybridized carbons (Fsp3) is 0.310. The molecule has 4 nitrogen and oxygen atoms in total. The highest BCUT2D eigenvalue weighted by Crippen LogP contribution is 2.22. The van der Waals surface area contributed by atoms with Crippen molar-refractivity contribution >= 4 is 23.4 Å². The molecule has 178 valence electrons. The fourth-order valence-electron chi connectivity index (χ4n) is 3.86. The van der Waals surface area contributed by atoms with Gasteiger partial charge < -0.3 is 10.2 Å². The summed E-state index contributed by atoms with van der Waals surface area (Å²) < 4.78 is 0. The molecular weight excluding hydrogens is 444 g/mol. The first-order chi connectivity index (χ1) is 16.3. The van der Waals surface area contributed by atoms with Crippen LogP contribution in [0.4, 0.5) is 0 Å². The standard InChI is InChI=1S/C29H33ClN2O2/c1-21(2)19-31-29(34)27(17-23-12-5-4-6-13-23)32(20-25-15-9-10-16-26(25)30)28(33)18-24-14-8-7-11-22(24)3/h4-16,21,27H,17-20H2,1-3H3,(H,31,34)/t27-/m0/s1. The lowest BCUT2D eigenvalue weighted by Gasteiger charge is -2.32. The van der Waals surface area contributed by atoms with Crippen LogP contribution in [0.5, 0.6) is 0 Å². The molecule has 0 saturated heterocycles. The van der Waals surface area contributed by atoms with Gasteiger partial charge in [0.1, 0.15) is 6.04 Å². The highest BCUT2D eigenvalue weighted by molar-refractivity contribution is 6.31. The van der Waals surface area contributed by atoms with E-state index in [9.17, 15) is 9.59 Å². The molecule has 34 heavy (non-hydrogen) atoms. The van der Waals surface area contributed by atoms with Crippen molar-refractivity contribution in [1.82, 2.24) is 10.2 Å². The number of amides is 2. The van der Waals surface area contributed by atoms with Gasteiger partial charge >= 0.3 is 0 Å². The van der Waals surface area contributed by atoms with Crippen LogP contribution in [-0.4, -0.2) is 29.3 Å². The lowest BCUT2D eigenvalue weighted by atomic mass is 10.00. The molecular formula is C29H33ClN2O2. The lowest BCUT2D eigenvalue weighted by molar-refractivity contribution is -0.140. The van der Waals surface area contributed by atoms with Crippen molar-refractivity contribution in [3.63, 3.8) is 0 Å².